The van der Waals surface area contributed by atoms with E-state index in [0.717, 1.165) is 13.1 Å². The predicted molar refractivity (Wildman–Crippen MR) is 54.3 cm³/mol. The van der Waals surface area contributed by atoms with Gasteiger partial charge in [0.2, 0.25) is 0 Å². The zero-order chi connectivity index (χ0) is 8.43. The summed E-state index contributed by atoms with van der Waals surface area (Å²) in [4.78, 5) is 11.2. The summed E-state index contributed by atoms with van der Waals surface area (Å²) in [5, 5.41) is 0. The van der Waals surface area contributed by atoms with Crippen molar-refractivity contribution in [3.05, 3.63) is 19.2 Å². The van der Waals surface area contributed by atoms with Gasteiger partial charge in [-0.15, -0.1) is 11.3 Å². The highest BCUT2D eigenvalue weighted by atomic mass is 79.9. The fourth-order valence-corrected chi connectivity index (χ4v) is 3.58. The molecular weight excluding hydrogens is 292 g/mol. The molecule has 0 saturated carbocycles. The number of carbonyl (C=O) groups is 1. The molecule has 0 aliphatic heterocycles. The van der Waals surface area contributed by atoms with Crippen LogP contribution in [0.5, 0.6) is 0 Å². The SMILES string of the molecule is CCC(=O)c1cc(Br)sc1Br. The lowest BCUT2D eigenvalue weighted by Gasteiger charge is -1.91. The van der Waals surface area contributed by atoms with E-state index in [0.29, 0.717) is 6.42 Å². The van der Waals surface area contributed by atoms with Crippen molar-refractivity contribution >= 4 is 49.0 Å². The standard InChI is InChI=1S/C7H6Br2OS/c1-2-5(10)4-3-6(8)11-7(4)9/h3H,2H2,1H3. The molecule has 1 aromatic heterocycles. The average molecular weight is 298 g/mol. The maximum atomic E-state index is 11.2. The minimum Gasteiger partial charge on any atom is -0.294 e. The van der Waals surface area contributed by atoms with Gasteiger partial charge in [-0.2, -0.15) is 0 Å². The summed E-state index contributed by atoms with van der Waals surface area (Å²) in [6.07, 6.45) is 0.557. The van der Waals surface area contributed by atoms with Gasteiger partial charge in [0, 0.05) is 12.0 Å². The second-order valence-electron chi connectivity index (χ2n) is 2.01. The van der Waals surface area contributed by atoms with Gasteiger partial charge in [-0.3, -0.25) is 4.79 Å². The van der Waals surface area contributed by atoms with Crippen molar-refractivity contribution in [2.24, 2.45) is 0 Å². The highest BCUT2D eigenvalue weighted by molar-refractivity contribution is 9.12. The van der Waals surface area contributed by atoms with Gasteiger partial charge in [0.05, 0.1) is 7.57 Å². The van der Waals surface area contributed by atoms with Crippen molar-refractivity contribution in [2.75, 3.05) is 0 Å². The summed E-state index contributed by atoms with van der Waals surface area (Å²) < 4.78 is 1.90. The quantitative estimate of drug-likeness (QED) is 0.758. The molecule has 0 spiro atoms. The van der Waals surface area contributed by atoms with Gasteiger partial charge in [0.15, 0.2) is 5.78 Å². The van der Waals surface area contributed by atoms with Crippen LogP contribution >= 0.6 is 43.2 Å². The van der Waals surface area contributed by atoms with Crippen molar-refractivity contribution in [1.29, 1.82) is 0 Å². The topological polar surface area (TPSA) is 17.1 Å². The summed E-state index contributed by atoms with van der Waals surface area (Å²) in [5.41, 5.74) is 0.782. The fraction of sp³-hybridized carbons (Fsp3) is 0.286. The van der Waals surface area contributed by atoms with E-state index in [2.05, 4.69) is 31.9 Å². The van der Waals surface area contributed by atoms with Gasteiger partial charge in [-0.05, 0) is 37.9 Å². The number of hydrogen-bond acceptors (Lipinski definition) is 2. The third-order valence-corrected chi connectivity index (χ3v) is 3.62. The Morgan fingerprint density at radius 3 is 2.64 bits per heavy atom. The minimum absolute atomic E-state index is 0.179. The van der Waals surface area contributed by atoms with Crippen LogP contribution in [0, 0.1) is 0 Å². The van der Waals surface area contributed by atoms with Crippen LogP contribution in [0.1, 0.15) is 23.7 Å². The lowest BCUT2D eigenvalue weighted by Crippen LogP contribution is -1.93. The smallest absolute Gasteiger partial charge is 0.164 e. The van der Waals surface area contributed by atoms with E-state index in [-0.39, 0.29) is 5.78 Å². The highest BCUT2D eigenvalue weighted by Gasteiger charge is 2.10. The first-order valence-corrected chi connectivity index (χ1v) is 5.53. The Bertz CT molecular complexity index is 280. The Hall–Kier alpha value is 0.330. The monoisotopic (exact) mass is 296 g/mol. The van der Waals surface area contributed by atoms with Crippen LogP contribution in [0.4, 0.5) is 0 Å². The third kappa shape index (κ3) is 2.13. The predicted octanol–water partition coefficient (Wildman–Crippen LogP) is 3.87. The van der Waals surface area contributed by atoms with Crippen LogP contribution in [0.15, 0.2) is 13.6 Å². The van der Waals surface area contributed by atoms with Crippen molar-refractivity contribution < 1.29 is 4.79 Å². The van der Waals surface area contributed by atoms with E-state index in [9.17, 15) is 4.79 Å². The largest absolute Gasteiger partial charge is 0.294 e. The maximum Gasteiger partial charge on any atom is 0.164 e. The minimum atomic E-state index is 0.179. The van der Waals surface area contributed by atoms with Crippen LogP contribution in [0.2, 0.25) is 0 Å². The molecule has 0 saturated heterocycles. The Kier molecular flexibility index (Phi) is 3.28. The summed E-state index contributed by atoms with van der Waals surface area (Å²) >= 11 is 8.17. The lowest BCUT2D eigenvalue weighted by molar-refractivity contribution is 0.0988. The fourth-order valence-electron chi connectivity index (χ4n) is 0.721. The van der Waals surface area contributed by atoms with Crippen LogP contribution in [0.3, 0.4) is 0 Å². The molecule has 0 unspecified atom stereocenters. The first-order chi connectivity index (χ1) is 5.15. The zero-order valence-electron chi connectivity index (χ0n) is 5.86. The number of Topliss-reactive ketones (excluding diaryl/α,β-unsaturated/α-hetero) is 1. The molecule has 0 N–H and O–H groups in total. The Morgan fingerprint density at radius 2 is 2.27 bits per heavy atom. The summed E-state index contributed by atoms with van der Waals surface area (Å²) in [6, 6.07) is 1.85. The van der Waals surface area contributed by atoms with Gasteiger partial charge in [0.1, 0.15) is 0 Å². The van der Waals surface area contributed by atoms with Crippen molar-refractivity contribution in [3.63, 3.8) is 0 Å². The molecule has 0 radical (unpaired) electrons. The van der Waals surface area contributed by atoms with Crippen LogP contribution in [0.25, 0.3) is 0 Å². The van der Waals surface area contributed by atoms with Crippen LogP contribution < -0.4 is 0 Å². The molecule has 11 heavy (non-hydrogen) atoms. The van der Waals surface area contributed by atoms with Crippen LogP contribution in [-0.2, 0) is 0 Å². The molecule has 1 heterocycles. The zero-order valence-corrected chi connectivity index (χ0v) is 9.85. The number of hydrogen-bond donors (Lipinski definition) is 0. The van der Waals surface area contributed by atoms with E-state index < -0.39 is 0 Å². The van der Waals surface area contributed by atoms with E-state index in [4.69, 9.17) is 0 Å². The molecule has 0 bridgehead atoms. The number of ketones is 1. The molecule has 0 fully saturated rings. The molecular formula is C7H6Br2OS. The van der Waals surface area contributed by atoms with Gasteiger partial charge in [-0.25, -0.2) is 0 Å². The second-order valence-corrected chi connectivity index (χ2v) is 5.76. The molecule has 0 amide bonds. The molecule has 1 rings (SSSR count). The van der Waals surface area contributed by atoms with Gasteiger partial charge < -0.3 is 0 Å². The molecule has 1 nitrogen and oxygen atoms in total. The molecule has 60 valence electrons. The molecule has 0 atom stereocenters. The summed E-state index contributed by atoms with van der Waals surface area (Å²) in [6.45, 7) is 1.86. The number of carbonyl (C=O) groups excluding carboxylic acids is 1. The first-order valence-electron chi connectivity index (χ1n) is 3.13. The Labute approximate surface area is 86.1 Å². The number of rotatable bonds is 2. The van der Waals surface area contributed by atoms with Crippen molar-refractivity contribution in [1.82, 2.24) is 0 Å². The van der Waals surface area contributed by atoms with Gasteiger partial charge >= 0.3 is 0 Å². The molecule has 1 aromatic rings. The second kappa shape index (κ2) is 3.83. The molecule has 0 aromatic carbocycles. The van der Waals surface area contributed by atoms with Crippen molar-refractivity contribution in [3.8, 4) is 0 Å². The molecule has 4 heteroatoms. The number of halogens is 2. The average Bonchev–Trinajstić information content (AvgIpc) is 2.28. The van der Waals surface area contributed by atoms with Crippen molar-refractivity contribution in [2.45, 2.75) is 13.3 Å². The number of thiophene rings is 1. The van der Waals surface area contributed by atoms with E-state index in [1.54, 1.807) is 0 Å². The highest BCUT2D eigenvalue weighted by Crippen LogP contribution is 2.32. The summed E-state index contributed by atoms with van der Waals surface area (Å²) in [7, 11) is 0. The first kappa shape index (κ1) is 9.42. The van der Waals surface area contributed by atoms with Gasteiger partial charge in [-0.1, -0.05) is 6.92 Å². The van der Waals surface area contributed by atoms with E-state index >= 15 is 0 Å². The van der Waals surface area contributed by atoms with E-state index in [1.807, 2.05) is 13.0 Å². The molecule has 0 aliphatic rings. The lowest BCUT2D eigenvalue weighted by atomic mass is 10.2. The maximum absolute atomic E-state index is 11.2. The normalized spacial score (nSPS) is 10.1. The summed E-state index contributed by atoms with van der Waals surface area (Å²) in [5.74, 6) is 0.179. The third-order valence-electron chi connectivity index (χ3n) is 1.28. The van der Waals surface area contributed by atoms with E-state index in [1.165, 1.54) is 11.3 Å². The Morgan fingerprint density at radius 1 is 1.64 bits per heavy atom. The van der Waals surface area contributed by atoms with Crippen LogP contribution in [-0.4, -0.2) is 5.78 Å². The van der Waals surface area contributed by atoms with Gasteiger partial charge in [0.25, 0.3) is 0 Å². The molecule has 0 aliphatic carbocycles. The Balaban J connectivity index is 3.03.